The Morgan fingerprint density at radius 2 is 1.97 bits per heavy atom. The molecule has 2 N–H and O–H groups in total. The number of benzene rings is 2. The van der Waals surface area contributed by atoms with E-state index in [1.54, 1.807) is 65.9 Å². The second kappa shape index (κ2) is 8.50. The van der Waals surface area contributed by atoms with Crippen molar-refractivity contribution >= 4 is 29.0 Å². The van der Waals surface area contributed by atoms with Gasteiger partial charge in [0.1, 0.15) is 11.4 Å². The normalized spacial score (nSPS) is 13.2. The third kappa shape index (κ3) is 4.15. The average Bonchev–Trinajstić information content (AvgIpc) is 3.31. The second-order valence-corrected chi connectivity index (χ2v) is 7.52. The number of urea groups is 1. The molecular formula is C22H22N6O4. The minimum atomic E-state index is -0.424. The molecule has 32 heavy (non-hydrogen) atoms. The molecule has 0 saturated carbocycles. The van der Waals surface area contributed by atoms with Gasteiger partial charge in [-0.05, 0) is 49.7 Å². The largest absolute Gasteiger partial charge is 0.336 e. The van der Waals surface area contributed by atoms with Crippen molar-refractivity contribution < 1.29 is 14.5 Å². The maximum Gasteiger partial charge on any atom is 0.321 e. The van der Waals surface area contributed by atoms with Gasteiger partial charge >= 0.3 is 11.7 Å². The van der Waals surface area contributed by atoms with E-state index in [9.17, 15) is 19.7 Å². The van der Waals surface area contributed by atoms with Crippen molar-refractivity contribution in [2.24, 2.45) is 0 Å². The SMILES string of the molecule is Cc1nn(Cc2ccc(C(=O)Nc3cccc(N4CCNC4=O)c3)cc2)c(C)c1[N+](=O)[O-]. The number of nitrogens with one attached hydrogen (secondary N) is 2. The van der Waals surface area contributed by atoms with E-state index in [0.717, 1.165) is 5.56 Å². The van der Waals surface area contributed by atoms with Gasteiger partial charge in [0, 0.05) is 30.0 Å². The van der Waals surface area contributed by atoms with Gasteiger partial charge in [-0.25, -0.2) is 4.79 Å². The highest BCUT2D eigenvalue weighted by Gasteiger charge is 2.22. The summed E-state index contributed by atoms with van der Waals surface area (Å²) < 4.78 is 1.59. The number of aromatic nitrogens is 2. The summed E-state index contributed by atoms with van der Waals surface area (Å²) in [6.07, 6.45) is 0. The molecule has 0 radical (unpaired) electrons. The number of anilines is 2. The van der Waals surface area contributed by atoms with Gasteiger partial charge in [-0.2, -0.15) is 5.10 Å². The first kappa shape index (κ1) is 21.0. The first-order chi connectivity index (χ1) is 15.3. The zero-order valence-corrected chi connectivity index (χ0v) is 17.7. The molecule has 1 aliphatic rings. The Labute approximate surface area is 184 Å². The van der Waals surface area contributed by atoms with Crippen LogP contribution in [0.25, 0.3) is 0 Å². The van der Waals surface area contributed by atoms with Gasteiger partial charge in [-0.1, -0.05) is 18.2 Å². The van der Waals surface area contributed by atoms with Crippen LogP contribution in [-0.4, -0.2) is 39.7 Å². The fourth-order valence-electron chi connectivity index (χ4n) is 3.71. The van der Waals surface area contributed by atoms with Gasteiger partial charge in [0.2, 0.25) is 0 Å². The molecule has 1 aromatic heterocycles. The highest BCUT2D eigenvalue weighted by Crippen LogP contribution is 2.23. The molecule has 3 aromatic rings. The van der Waals surface area contributed by atoms with Crippen LogP contribution in [0.15, 0.2) is 48.5 Å². The Hall–Kier alpha value is -4.21. The highest BCUT2D eigenvalue weighted by atomic mass is 16.6. The molecule has 0 atom stereocenters. The number of amides is 3. The smallest absolute Gasteiger partial charge is 0.321 e. The Morgan fingerprint density at radius 1 is 1.22 bits per heavy atom. The number of rotatable bonds is 6. The number of carbonyl (C=O) groups excluding carboxylic acids is 2. The zero-order valence-electron chi connectivity index (χ0n) is 17.7. The Morgan fingerprint density at radius 3 is 2.59 bits per heavy atom. The molecule has 0 unspecified atom stereocenters. The van der Waals surface area contributed by atoms with Gasteiger partial charge in [0.15, 0.2) is 0 Å². The first-order valence-corrected chi connectivity index (χ1v) is 10.1. The van der Waals surface area contributed by atoms with Gasteiger partial charge in [0.05, 0.1) is 11.5 Å². The maximum absolute atomic E-state index is 12.7. The van der Waals surface area contributed by atoms with Crippen LogP contribution >= 0.6 is 0 Å². The van der Waals surface area contributed by atoms with Crippen LogP contribution < -0.4 is 15.5 Å². The highest BCUT2D eigenvalue weighted by molar-refractivity contribution is 6.04. The number of hydrogen-bond acceptors (Lipinski definition) is 5. The topological polar surface area (TPSA) is 122 Å². The van der Waals surface area contributed by atoms with E-state index in [0.29, 0.717) is 48.0 Å². The van der Waals surface area contributed by atoms with Gasteiger partial charge in [0.25, 0.3) is 5.91 Å². The van der Waals surface area contributed by atoms with Crippen LogP contribution in [0.5, 0.6) is 0 Å². The van der Waals surface area contributed by atoms with E-state index in [2.05, 4.69) is 15.7 Å². The number of hydrogen-bond donors (Lipinski definition) is 2. The summed E-state index contributed by atoms with van der Waals surface area (Å²) in [5.41, 5.74) is 3.52. The van der Waals surface area contributed by atoms with E-state index in [-0.39, 0.29) is 17.6 Å². The van der Waals surface area contributed by atoms with Gasteiger partial charge < -0.3 is 10.6 Å². The molecule has 0 aliphatic carbocycles. The molecule has 3 amide bonds. The average molecular weight is 434 g/mol. The Bertz CT molecular complexity index is 1200. The predicted octanol–water partition coefficient (Wildman–Crippen LogP) is 3.24. The maximum atomic E-state index is 12.7. The fourth-order valence-corrected chi connectivity index (χ4v) is 3.71. The fraction of sp³-hybridized carbons (Fsp3) is 0.227. The summed E-state index contributed by atoms with van der Waals surface area (Å²) >= 11 is 0. The van der Waals surface area contributed by atoms with Crippen LogP contribution in [0.4, 0.5) is 21.9 Å². The predicted molar refractivity (Wildman–Crippen MR) is 119 cm³/mol. The number of aryl methyl sites for hydroxylation is 1. The van der Waals surface area contributed by atoms with Crippen LogP contribution in [0.2, 0.25) is 0 Å². The van der Waals surface area contributed by atoms with E-state index < -0.39 is 4.92 Å². The zero-order chi connectivity index (χ0) is 22.8. The van der Waals surface area contributed by atoms with Crippen molar-refractivity contribution in [1.82, 2.24) is 15.1 Å². The molecular weight excluding hydrogens is 412 g/mol. The molecule has 1 fully saturated rings. The van der Waals surface area contributed by atoms with E-state index in [4.69, 9.17) is 0 Å². The summed E-state index contributed by atoms with van der Waals surface area (Å²) in [5.74, 6) is -0.277. The van der Waals surface area contributed by atoms with Crippen molar-refractivity contribution in [3.8, 4) is 0 Å². The van der Waals surface area contributed by atoms with E-state index in [1.165, 1.54) is 0 Å². The standard InChI is InChI=1S/C22H22N6O4/c1-14-20(28(31)32)15(2)27(25-14)13-16-6-8-17(9-7-16)21(29)24-18-4-3-5-19(12-18)26-11-10-23-22(26)30/h3-9,12H,10-11,13H2,1-2H3,(H,23,30)(H,24,29). The summed E-state index contributed by atoms with van der Waals surface area (Å²) in [6.45, 7) is 4.81. The molecule has 1 aliphatic heterocycles. The quantitative estimate of drug-likeness (QED) is 0.455. The first-order valence-electron chi connectivity index (χ1n) is 10.1. The number of nitro groups is 1. The van der Waals surface area contributed by atoms with Crippen LogP contribution in [0.3, 0.4) is 0 Å². The summed E-state index contributed by atoms with van der Waals surface area (Å²) in [5, 5.41) is 21.0. The van der Waals surface area contributed by atoms with Crippen LogP contribution in [0.1, 0.15) is 27.3 Å². The van der Waals surface area contributed by atoms with Crippen molar-refractivity contribution in [3.63, 3.8) is 0 Å². The lowest BCUT2D eigenvalue weighted by molar-refractivity contribution is -0.386. The second-order valence-electron chi connectivity index (χ2n) is 7.52. The summed E-state index contributed by atoms with van der Waals surface area (Å²) in [6, 6.07) is 13.9. The molecule has 4 rings (SSSR count). The van der Waals surface area contributed by atoms with Crippen molar-refractivity contribution in [3.05, 3.63) is 81.2 Å². The molecule has 1 saturated heterocycles. The molecule has 10 nitrogen and oxygen atoms in total. The number of carbonyl (C=O) groups is 2. The number of nitrogens with zero attached hydrogens (tertiary/aromatic N) is 4. The summed E-state index contributed by atoms with van der Waals surface area (Å²) in [7, 11) is 0. The lowest BCUT2D eigenvalue weighted by Crippen LogP contribution is -2.27. The van der Waals surface area contributed by atoms with E-state index in [1.807, 2.05) is 6.07 Å². The lowest BCUT2D eigenvalue weighted by atomic mass is 10.1. The van der Waals surface area contributed by atoms with Gasteiger partial charge in [-0.3, -0.25) is 24.5 Å². The van der Waals surface area contributed by atoms with E-state index >= 15 is 0 Å². The molecule has 2 heterocycles. The van der Waals surface area contributed by atoms with Crippen LogP contribution in [0, 0.1) is 24.0 Å². The minimum Gasteiger partial charge on any atom is -0.336 e. The van der Waals surface area contributed by atoms with Crippen molar-refractivity contribution in [1.29, 1.82) is 0 Å². The monoisotopic (exact) mass is 434 g/mol. The Kier molecular flexibility index (Phi) is 5.59. The van der Waals surface area contributed by atoms with Crippen molar-refractivity contribution in [2.45, 2.75) is 20.4 Å². The molecule has 164 valence electrons. The van der Waals surface area contributed by atoms with Crippen molar-refractivity contribution in [2.75, 3.05) is 23.3 Å². The third-order valence-corrected chi connectivity index (χ3v) is 5.35. The Balaban J connectivity index is 1.44. The van der Waals surface area contributed by atoms with Gasteiger partial charge in [-0.15, -0.1) is 0 Å². The van der Waals surface area contributed by atoms with Crippen LogP contribution in [-0.2, 0) is 6.54 Å². The minimum absolute atomic E-state index is 0.0228. The molecule has 10 heteroatoms. The molecule has 0 bridgehead atoms. The molecule has 2 aromatic carbocycles. The summed E-state index contributed by atoms with van der Waals surface area (Å²) in [4.78, 5) is 36.9. The lowest BCUT2D eigenvalue weighted by Gasteiger charge is -2.15. The molecule has 0 spiro atoms. The third-order valence-electron chi connectivity index (χ3n) is 5.35.